The van der Waals surface area contributed by atoms with Crippen molar-refractivity contribution in [3.05, 3.63) is 67.2 Å². The van der Waals surface area contributed by atoms with E-state index in [0.717, 1.165) is 6.07 Å². The van der Waals surface area contributed by atoms with Crippen molar-refractivity contribution in [3.63, 3.8) is 0 Å². The van der Waals surface area contributed by atoms with Gasteiger partial charge in [-0.15, -0.1) is 0 Å². The zero-order valence-corrected chi connectivity index (χ0v) is 19.0. The highest BCUT2D eigenvalue weighted by Crippen LogP contribution is 2.33. The van der Waals surface area contributed by atoms with Gasteiger partial charge in [-0.1, -0.05) is 11.6 Å². The molecule has 0 spiro atoms. The lowest BCUT2D eigenvalue weighted by atomic mass is 10.1. The Hall–Kier alpha value is -2.80. The van der Waals surface area contributed by atoms with Gasteiger partial charge in [0.15, 0.2) is 0 Å². The molecule has 0 saturated carbocycles. The van der Waals surface area contributed by atoms with Gasteiger partial charge in [0.05, 0.1) is 14.7 Å². The van der Waals surface area contributed by atoms with E-state index in [1.165, 1.54) is 39.5 Å². The fourth-order valence-corrected chi connectivity index (χ4v) is 5.07. The zero-order valence-electron chi connectivity index (χ0n) is 17.5. The number of likely N-dealkylation sites (N-methyl/N-ethyl adjacent to an activating group) is 1. The first-order valence-corrected chi connectivity index (χ1v) is 11.4. The van der Waals surface area contributed by atoms with Crippen LogP contribution in [0.25, 0.3) is 0 Å². The minimum Gasteiger partial charge on any atom is -0.365 e. The highest BCUT2D eigenvalue weighted by molar-refractivity contribution is 7.89. The zero-order chi connectivity index (χ0) is 23.6. The maximum absolute atomic E-state index is 13.0. The van der Waals surface area contributed by atoms with Gasteiger partial charge in [-0.25, -0.2) is 8.42 Å². The number of non-ortho nitro benzene ring substituents is 1. The smallest absolute Gasteiger partial charge is 0.293 e. The fraction of sp³-hybridized carbons (Fsp3) is 0.368. The second-order valence-corrected chi connectivity index (χ2v) is 9.85. The Labute approximate surface area is 190 Å². The van der Waals surface area contributed by atoms with Crippen LogP contribution in [0.2, 0.25) is 5.02 Å². The number of anilines is 1. The largest absolute Gasteiger partial charge is 0.365 e. The Balaban J connectivity index is 1.92. The van der Waals surface area contributed by atoms with Gasteiger partial charge in [-0.2, -0.15) is 4.31 Å². The van der Waals surface area contributed by atoms with E-state index in [1.54, 1.807) is 7.05 Å². The van der Waals surface area contributed by atoms with Gasteiger partial charge in [-0.3, -0.25) is 20.2 Å². The number of sulfonamides is 1. The van der Waals surface area contributed by atoms with Crippen LogP contribution in [0.3, 0.4) is 0 Å². The molecule has 0 unspecified atom stereocenters. The number of halogens is 1. The molecule has 1 heterocycles. The van der Waals surface area contributed by atoms with E-state index < -0.39 is 19.9 Å². The predicted octanol–water partition coefficient (Wildman–Crippen LogP) is 2.73. The van der Waals surface area contributed by atoms with Crippen molar-refractivity contribution in [1.82, 2.24) is 9.21 Å². The van der Waals surface area contributed by atoms with Crippen LogP contribution in [0.1, 0.15) is 5.56 Å². The highest BCUT2D eigenvalue weighted by atomic mass is 35.5. The molecular formula is C19H22ClN5O6S. The van der Waals surface area contributed by atoms with Crippen molar-refractivity contribution in [2.75, 3.05) is 45.2 Å². The molecule has 1 aliphatic rings. The van der Waals surface area contributed by atoms with Crippen LogP contribution in [0, 0.1) is 20.2 Å². The van der Waals surface area contributed by atoms with Crippen LogP contribution in [-0.2, 0) is 16.6 Å². The number of hydrogen-bond acceptors (Lipinski definition) is 8. The van der Waals surface area contributed by atoms with Crippen molar-refractivity contribution < 1.29 is 18.3 Å². The van der Waals surface area contributed by atoms with Crippen molar-refractivity contribution in [2.24, 2.45) is 0 Å². The third-order valence-corrected chi connectivity index (χ3v) is 7.57. The molecule has 1 saturated heterocycles. The summed E-state index contributed by atoms with van der Waals surface area (Å²) >= 11 is 6.14. The number of rotatable bonds is 7. The van der Waals surface area contributed by atoms with Gasteiger partial charge >= 0.3 is 0 Å². The van der Waals surface area contributed by atoms with Crippen LogP contribution in [-0.4, -0.2) is 67.7 Å². The number of nitro groups is 2. The van der Waals surface area contributed by atoms with Crippen molar-refractivity contribution in [1.29, 1.82) is 0 Å². The maximum atomic E-state index is 13.0. The van der Waals surface area contributed by atoms with E-state index in [1.807, 2.05) is 11.9 Å². The predicted molar refractivity (Wildman–Crippen MR) is 120 cm³/mol. The fourth-order valence-electron chi connectivity index (χ4n) is 3.45. The van der Waals surface area contributed by atoms with E-state index in [-0.39, 0.29) is 33.5 Å². The van der Waals surface area contributed by atoms with Crippen molar-refractivity contribution in [3.8, 4) is 0 Å². The topological polar surface area (TPSA) is 130 Å². The summed E-state index contributed by atoms with van der Waals surface area (Å²) in [6.07, 6.45) is 0. The molecule has 0 N–H and O–H groups in total. The maximum Gasteiger partial charge on any atom is 0.293 e. The summed E-state index contributed by atoms with van der Waals surface area (Å²) in [7, 11) is -0.420. The summed E-state index contributed by atoms with van der Waals surface area (Å²) in [5, 5.41) is 23.1. The number of hydrogen-bond donors (Lipinski definition) is 0. The molecular weight excluding hydrogens is 462 g/mol. The Bertz CT molecular complexity index is 1150. The van der Waals surface area contributed by atoms with E-state index in [9.17, 15) is 28.6 Å². The van der Waals surface area contributed by atoms with Gasteiger partial charge < -0.3 is 9.80 Å². The van der Waals surface area contributed by atoms with Crippen molar-refractivity contribution >= 4 is 38.7 Å². The first-order chi connectivity index (χ1) is 15.0. The number of nitrogens with zero attached hydrogens (tertiary/aromatic N) is 5. The highest BCUT2D eigenvalue weighted by Gasteiger charge is 2.30. The molecule has 1 aliphatic heterocycles. The van der Waals surface area contributed by atoms with Crippen LogP contribution in [0.15, 0.2) is 41.3 Å². The molecule has 2 aromatic rings. The molecule has 0 aromatic heterocycles. The van der Waals surface area contributed by atoms with Gasteiger partial charge in [-0.05, 0) is 30.8 Å². The van der Waals surface area contributed by atoms with Gasteiger partial charge in [0.1, 0.15) is 5.69 Å². The summed E-state index contributed by atoms with van der Waals surface area (Å²) in [6.45, 7) is 1.81. The van der Waals surface area contributed by atoms with E-state index in [4.69, 9.17) is 11.6 Å². The van der Waals surface area contributed by atoms with Crippen LogP contribution in [0.4, 0.5) is 17.1 Å². The molecule has 0 radical (unpaired) electrons. The Morgan fingerprint density at radius 3 is 2.28 bits per heavy atom. The Morgan fingerprint density at radius 1 is 1.03 bits per heavy atom. The Morgan fingerprint density at radius 2 is 1.69 bits per heavy atom. The second kappa shape index (κ2) is 9.36. The SMILES string of the molecule is CN1CCN(S(=O)(=O)c2ccc(N(C)Cc3cc([N+](=O)[O-])ccc3Cl)c([N+](=O)[O-])c2)CC1. The van der Waals surface area contributed by atoms with Crippen LogP contribution in [0.5, 0.6) is 0 Å². The number of nitro benzene ring substituents is 2. The van der Waals surface area contributed by atoms with E-state index in [0.29, 0.717) is 31.7 Å². The standard InChI is InChI=1S/C19H22ClN5O6S/c1-21-7-9-23(10-8-21)32(30,31)16-4-6-18(19(12-16)25(28)29)22(2)13-14-11-15(24(26)27)3-5-17(14)20/h3-6,11-12H,7-10,13H2,1-2H3. The van der Waals surface area contributed by atoms with E-state index >= 15 is 0 Å². The average molecular weight is 484 g/mol. The number of piperazine rings is 1. The van der Waals surface area contributed by atoms with Gasteiger partial charge in [0.25, 0.3) is 11.4 Å². The van der Waals surface area contributed by atoms with Crippen molar-refractivity contribution in [2.45, 2.75) is 11.4 Å². The summed E-state index contributed by atoms with van der Waals surface area (Å²) in [5.41, 5.74) is 0.0341. The first-order valence-electron chi connectivity index (χ1n) is 9.62. The molecule has 0 bridgehead atoms. The number of benzene rings is 2. The van der Waals surface area contributed by atoms with Gasteiger partial charge in [0.2, 0.25) is 10.0 Å². The molecule has 2 aromatic carbocycles. The molecule has 0 amide bonds. The van der Waals surface area contributed by atoms with Crippen LogP contribution >= 0.6 is 11.6 Å². The third kappa shape index (κ3) is 4.99. The quantitative estimate of drug-likeness (QED) is 0.434. The molecule has 3 rings (SSSR count). The van der Waals surface area contributed by atoms with Gasteiger partial charge in [0, 0.05) is 63.0 Å². The second-order valence-electron chi connectivity index (χ2n) is 7.50. The third-order valence-electron chi connectivity index (χ3n) is 5.30. The monoisotopic (exact) mass is 483 g/mol. The molecule has 32 heavy (non-hydrogen) atoms. The molecule has 172 valence electrons. The lowest BCUT2D eigenvalue weighted by molar-refractivity contribution is -0.384. The summed E-state index contributed by atoms with van der Waals surface area (Å²) < 4.78 is 27.3. The lowest BCUT2D eigenvalue weighted by Crippen LogP contribution is -2.47. The molecule has 0 atom stereocenters. The summed E-state index contributed by atoms with van der Waals surface area (Å²) in [6, 6.07) is 7.72. The first kappa shape index (κ1) is 23.9. The lowest BCUT2D eigenvalue weighted by Gasteiger charge is -2.31. The molecule has 1 fully saturated rings. The summed E-state index contributed by atoms with van der Waals surface area (Å²) in [5.74, 6) is 0. The van der Waals surface area contributed by atoms with Crippen LogP contribution < -0.4 is 4.90 Å². The normalized spacial score (nSPS) is 15.5. The molecule has 13 heteroatoms. The van der Waals surface area contributed by atoms with E-state index in [2.05, 4.69) is 0 Å². The minimum atomic E-state index is -3.88. The summed E-state index contributed by atoms with van der Waals surface area (Å²) in [4.78, 5) is 24.9. The minimum absolute atomic E-state index is 0.0475. The molecule has 0 aliphatic carbocycles. The molecule has 11 nitrogen and oxygen atoms in total. The average Bonchev–Trinajstić information content (AvgIpc) is 2.74. The Kier molecular flexibility index (Phi) is 6.98.